The second-order valence-electron chi connectivity index (χ2n) is 5.03. The Hall–Kier alpha value is -2.87. The number of amides is 1. The minimum atomic E-state index is -0.352. The van der Waals surface area contributed by atoms with Crippen molar-refractivity contribution in [1.82, 2.24) is 14.8 Å². The smallest absolute Gasteiger partial charge is 0.234 e. The quantitative estimate of drug-likeness (QED) is 0.516. The van der Waals surface area contributed by atoms with Crippen LogP contribution in [0.25, 0.3) is 11.6 Å². The maximum Gasteiger partial charge on any atom is 0.234 e. The van der Waals surface area contributed by atoms with Gasteiger partial charge in [0, 0.05) is 12.2 Å². The van der Waals surface area contributed by atoms with Crippen LogP contribution in [0.4, 0.5) is 10.1 Å². The van der Waals surface area contributed by atoms with Crippen molar-refractivity contribution in [1.29, 1.82) is 0 Å². The average molecular weight is 358 g/mol. The molecule has 1 aromatic carbocycles. The lowest BCUT2D eigenvalue weighted by molar-refractivity contribution is -0.113. The summed E-state index contributed by atoms with van der Waals surface area (Å²) in [6.07, 6.45) is 3.28. The van der Waals surface area contributed by atoms with Gasteiger partial charge in [0.15, 0.2) is 10.9 Å². The minimum absolute atomic E-state index is 0.144. The summed E-state index contributed by atoms with van der Waals surface area (Å²) in [6.45, 7) is 4.22. The third-order valence-corrected chi connectivity index (χ3v) is 4.20. The van der Waals surface area contributed by atoms with Crippen molar-refractivity contribution in [3.63, 3.8) is 0 Å². The lowest BCUT2D eigenvalue weighted by Crippen LogP contribution is -2.14. The minimum Gasteiger partial charge on any atom is -0.461 e. The molecule has 0 unspecified atom stereocenters. The summed E-state index contributed by atoms with van der Waals surface area (Å²) in [4.78, 5) is 12.1. The first-order valence-electron chi connectivity index (χ1n) is 7.43. The zero-order chi connectivity index (χ0) is 17.6. The number of halogens is 1. The van der Waals surface area contributed by atoms with Gasteiger partial charge in [-0.05, 0) is 36.4 Å². The van der Waals surface area contributed by atoms with Gasteiger partial charge < -0.3 is 9.73 Å². The normalized spacial score (nSPS) is 10.6. The molecule has 0 saturated heterocycles. The number of nitrogens with zero attached hydrogens (tertiary/aromatic N) is 3. The molecule has 0 bridgehead atoms. The Morgan fingerprint density at radius 2 is 2.12 bits per heavy atom. The molecule has 0 aliphatic carbocycles. The summed E-state index contributed by atoms with van der Waals surface area (Å²) in [5.74, 6) is 0.744. The lowest BCUT2D eigenvalue weighted by Gasteiger charge is -2.07. The van der Waals surface area contributed by atoms with Gasteiger partial charge in [-0.1, -0.05) is 17.8 Å². The summed E-state index contributed by atoms with van der Waals surface area (Å²) in [7, 11) is 0. The molecule has 2 aromatic heterocycles. The second-order valence-corrected chi connectivity index (χ2v) is 5.97. The van der Waals surface area contributed by atoms with E-state index < -0.39 is 0 Å². The van der Waals surface area contributed by atoms with E-state index in [2.05, 4.69) is 22.1 Å². The number of hydrogen-bond acceptors (Lipinski definition) is 5. The highest BCUT2D eigenvalue weighted by atomic mass is 32.2. The van der Waals surface area contributed by atoms with Gasteiger partial charge >= 0.3 is 0 Å². The van der Waals surface area contributed by atoms with Crippen LogP contribution in [0.5, 0.6) is 0 Å². The number of anilines is 1. The zero-order valence-corrected chi connectivity index (χ0v) is 14.0. The Kier molecular flexibility index (Phi) is 5.30. The first kappa shape index (κ1) is 17.0. The van der Waals surface area contributed by atoms with Crippen LogP contribution in [0.15, 0.2) is 64.9 Å². The van der Waals surface area contributed by atoms with Crippen LogP contribution >= 0.6 is 11.8 Å². The predicted molar refractivity (Wildman–Crippen MR) is 93.7 cm³/mol. The van der Waals surface area contributed by atoms with Gasteiger partial charge in [0.25, 0.3) is 0 Å². The fourth-order valence-corrected chi connectivity index (χ4v) is 2.89. The van der Waals surface area contributed by atoms with E-state index in [4.69, 9.17) is 4.42 Å². The van der Waals surface area contributed by atoms with E-state index in [0.29, 0.717) is 29.0 Å². The molecule has 25 heavy (non-hydrogen) atoms. The molecule has 2 heterocycles. The van der Waals surface area contributed by atoms with Crippen molar-refractivity contribution in [3.8, 4) is 11.6 Å². The van der Waals surface area contributed by atoms with Crippen molar-refractivity contribution in [2.75, 3.05) is 11.1 Å². The second kappa shape index (κ2) is 7.80. The number of nitrogens with one attached hydrogen (secondary N) is 1. The molecule has 0 spiro atoms. The SMILES string of the molecule is C=CCn1c(SCC(=O)Nc2ccc(F)cc2)nnc1-c1ccco1. The molecule has 6 nitrogen and oxygen atoms in total. The molecule has 0 aliphatic heterocycles. The Bertz CT molecular complexity index is 859. The monoisotopic (exact) mass is 358 g/mol. The molecule has 3 rings (SSSR count). The van der Waals surface area contributed by atoms with Crippen LogP contribution in [0.1, 0.15) is 0 Å². The molecule has 0 saturated carbocycles. The highest BCUT2D eigenvalue weighted by molar-refractivity contribution is 7.99. The third kappa shape index (κ3) is 4.16. The van der Waals surface area contributed by atoms with Gasteiger partial charge in [-0.3, -0.25) is 9.36 Å². The van der Waals surface area contributed by atoms with Gasteiger partial charge in [0.05, 0.1) is 12.0 Å². The number of thioether (sulfide) groups is 1. The van der Waals surface area contributed by atoms with E-state index in [1.165, 1.54) is 36.0 Å². The zero-order valence-electron chi connectivity index (χ0n) is 13.2. The summed E-state index contributed by atoms with van der Waals surface area (Å²) < 4.78 is 20.1. The van der Waals surface area contributed by atoms with Crippen molar-refractivity contribution < 1.29 is 13.6 Å². The van der Waals surface area contributed by atoms with Crippen molar-refractivity contribution in [2.45, 2.75) is 11.7 Å². The van der Waals surface area contributed by atoms with Gasteiger partial charge in [-0.25, -0.2) is 4.39 Å². The van der Waals surface area contributed by atoms with Gasteiger partial charge in [0.2, 0.25) is 11.7 Å². The van der Waals surface area contributed by atoms with Gasteiger partial charge in [0.1, 0.15) is 5.82 Å². The van der Waals surface area contributed by atoms with E-state index in [9.17, 15) is 9.18 Å². The molecule has 0 aliphatic rings. The number of allylic oxidation sites excluding steroid dienone is 1. The predicted octanol–water partition coefficient (Wildman–Crippen LogP) is 3.59. The standard InChI is InChI=1S/C17H15FN4O2S/c1-2-9-22-16(14-4-3-10-24-14)20-21-17(22)25-11-15(23)19-13-7-5-12(18)6-8-13/h2-8,10H,1,9,11H2,(H,19,23). The summed E-state index contributed by atoms with van der Waals surface area (Å²) in [5, 5.41) is 11.5. The molecule has 1 N–H and O–H groups in total. The summed E-state index contributed by atoms with van der Waals surface area (Å²) in [5.41, 5.74) is 0.538. The first-order chi connectivity index (χ1) is 12.2. The van der Waals surface area contributed by atoms with Gasteiger partial charge in [-0.2, -0.15) is 0 Å². The number of carbonyl (C=O) groups excluding carboxylic acids is 1. The Labute approximate surface area is 147 Å². The fraction of sp³-hybridized carbons (Fsp3) is 0.118. The Morgan fingerprint density at radius 1 is 1.32 bits per heavy atom. The number of carbonyl (C=O) groups is 1. The molecule has 0 atom stereocenters. The average Bonchev–Trinajstić information content (AvgIpc) is 3.25. The molecular formula is C17H15FN4O2S. The molecule has 0 fully saturated rings. The van der Waals surface area contributed by atoms with Crippen LogP contribution in [-0.4, -0.2) is 26.4 Å². The summed E-state index contributed by atoms with van der Waals surface area (Å²) in [6, 6.07) is 9.16. The number of aromatic nitrogens is 3. The van der Waals surface area contributed by atoms with Crippen LogP contribution in [0.3, 0.4) is 0 Å². The first-order valence-corrected chi connectivity index (χ1v) is 8.42. The molecule has 3 aromatic rings. The van der Waals surface area contributed by atoms with E-state index in [1.807, 2.05) is 4.57 Å². The molecule has 8 heteroatoms. The molecular weight excluding hydrogens is 343 g/mol. The van der Waals surface area contributed by atoms with E-state index in [-0.39, 0.29) is 17.5 Å². The van der Waals surface area contributed by atoms with Crippen molar-refractivity contribution in [3.05, 3.63) is 61.1 Å². The molecule has 1 amide bonds. The van der Waals surface area contributed by atoms with Crippen molar-refractivity contribution >= 4 is 23.4 Å². The van der Waals surface area contributed by atoms with Crippen LogP contribution < -0.4 is 5.32 Å². The van der Waals surface area contributed by atoms with Crippen LogP contribution in [0, 0.1) is 5.82 Å². The Balaban J connectivity index is 1.67. The van der Waals surface area contributed by atoms with Crippen molar-refractivity contribution in [2.24, 2.45) is 0 Å². The summed E-state index contributed by atoms with van der Waals surface area (Å²) >= 11 is 1.25. The van der Waals surface area contributed by atoms with Crippen LogP contribution in [-0.2, 0) is 11.3 Å². The fourth-order valence-electron chi connectivity index (χ4n) is 2.14. The number of benzene rings is 1. The van der Waals surface area contributed by atoms with E-state index >= 15 is 0 Å². The maximum atomic E-state index is 12.9. The number of rotatable bonds is 7. The highest BCUT2D eigenvalue weighted by Gasteiger charge is 2.16. The van der Waals surface area contributed by atoms with E-state index in [0.717, 1.165) is 0 Å². The number of furan rings is 1. The highest BCUT2D eigenvalue weighted by Crippen LogP contribution is 2.24. The topological polar surface area (TPSA) is 73.0 Å². The maximum absolute atomic E-state index is 12.9. The third-order valence-electron chi connectivity index (χ3n) is 3.23. The van der Waals surface area contributed by atoms with Crippen LogP contribution in [0.2, 0.25) is 0 Å². The van der Waals surface area contributed by atoms with Gasteiger partial charge in [-0.15, -0.1) is 16.8 Å². The van der Waals surface area contributed by atoms with E-state index in [1.54, 1.807) is 24.5 Å². The molecule has 128 valence electrons. The number of hydrogen-bond donors (Lipinski definition) is 1. The Morgan fingerprint density at radius 3 is 2.80 bits per heavy atom. The lowest BCUT2D eigenvalue weighted by atomic mass is 10.3. The largest absolute Gasteiger partial charge is 0.461 e. The molecule has 0 radical (unpaired) electrons.